The molecular formula is C15H17N5. The molecule has 2 aromatic rings. The van der Waals surface area contributed by atoms with Gasteiger partial charge in [-0.15, -0.1) is 10.2 Å². The zero-order valence-corrected chi connectivity index (χ0v) is 11.2. The summed E-state index contributed by atoms with van der Waals surface area (Å²) in [6, 6.07) is 8.19. The Bertz CT molecular complexity index is 619. The minimum Gasteiger partial charge on any atom is -0.385 e. The Labute approximate surface area is 117 Å². The van der Waals surface area contributed by atoms with Crippen LogP contribution in [0.15, 0.2) is 36.4 Å². The molecule has 2 bridgehead atoms. The Kier molecular flexibility index (Phi) is 2.76. The van der Waals surface area contributed by atoms with Gasteiger partial charge >= 0.3 is 0 Å². The second-order valence-electron chi connectivity index (χ2n) is 5.74. The molecule has 1 aromatic heterocycles. The van der Waals surface area contributed by atoms with Crippen LogP contribution in [0.5, 0.6) is 0 Å². The van der Waals surface area contributed by atoms with Crippen LogP contribution in [0.3, 0.4) is 0 Å². The molecule has 0 amide bonds. The maximum Gasteiger partial charge on any atom is 0.204 e. The van der Waals surface area contributed by atoms with E-state index in [2.05, 4.69) is 50.2 Å². The fourth-order valence-electron chi connectivity index (χ4n) is 3.43. The van der Waals surface area contributed by atoms with Crippen molar-refractivity contribution in [3.05, 3.63) is 36.4 Å². The Morgan fingerprint density at radius 3 is 3.00 bits per heavy atom. The number of benzene rings is 1. The highest BCUT2D eigenvalue weighted by Gasteiger charge is 2.35. The van der Waals surface area contributed by atoms with Crippen LogP contribution in [0.25, 0.3) is 11.4 Å². The van der Waals surface area contributed by atoms with Crippen molar-refractivity contribution in [2.24, 2.45) is 17.8 Å². The predicted octanol–water partition coefficient (Wildman–Crippen LogP) is 2.49. The van der Waals surface area contributed by atoms with Gasteiger partial charge in [-0.05, 0) is 47.9 Å². The first-order chi connectivity index (χ1) is 9.88. The average Bonchev–Trinajstić information content (AvgIpc) is 3.22. The van der Waals surface area contributed by atoms with E-state index in [9.17, 15) is 0 Å². The number of aromatic nitrogens is 4. The van der Waals surface area contributed by atoms with Crippen molar-refractivity contribution in [1.29, 1.82) is 0 Å². The van der Waals surface area contributed by atoms with Gasteiger partial charge in [-0.3, -0.25) is 0 Å². The smallest absolute Gasteiger partial charge is 0.204 e. The van der Waals surface area contributed by atoms with Crippen molar-refractivity contribution in [3.63, 3.8) is 0 Å². The Morgan fingerprint density at radius 2 is 2.25 bits per heavy atom. The molecule has 0 aliphatic heterocycles. The van der Waals surface area contributed by atoms with E-state index in [-0.39, 0.29) is 0 Å². The summed E-state index contributed by atoms with van der Waals surface area (Å²) in [7, 11) is 0. The summed E-state index contributed by atoms with van der Waals surface area (Å²) in [6.45, 7) is 1.04. The van der Waals surface area contributed by atoms with Crippen molar-refractivity contribution >= 4 is 5.69 Å². The van der Waals surface area contributed by atoms with Crippen molar-refractivity contribution < 1.29 is 0 Å². The number of tetrazole rings is 1. The number of nitrogens with one attached hydrogen (secondary N) is 2. The monoisotopic (exact) mass is 267 g/mol. The highest BCUT2D eigenvalue weighted by Crippen LogP contribution is 2.43. The van der Waals surface area contributed by atoms with Crippen molar-refractivity contribution in [2.45, 2.75) is 12.8 Å². The summed E-state index contributed by atoms with van der Waals surface area (Å²) in [5.41, 5.74) is 2.11. The van der Waals surface area contributed by atoms with Crippen LogP contribution in [-0.2, 0) is 0 Å². The van der Waals surface area contributed by atoms with Crippen LogP contribution < -0.4 is 5.32 Å². The van der Waals surface area contributed by atoms with E-state index in [1.54, 1.807) is 0 Å². The van der Waals surface area contributed by atoms with E-state index >= 15 is 0 Å². The average molecular weight is 267 g/mol. The Balaban J connectivity index is 1.44. The first-order valence-corrected chi connectivity index (χ1v) is 7.14. The minimum absolute atomic E-state index is 0.636. The SMILES string of the molecule is C1=CC2CC1CC2CNc1cccc(-c2nn[nH]n2)c1. The number of aromatic amines is 1. The molecule has 3 unspecified atom stereocenters. The molecule has 1 aromatic carbocycles. The lowest BCUT2D eigenvalue weighted by atomic mass is 9.93. The van der Waals surface area contributed by atoms with Gasteiger partial charge in [0, 0.05) is 17.8 Å². The molecule has 1 saturated carbocycles. The Morgan fingerprint density at radius 1 is 1.25 bits per heavy atom. The van der Waals surface area contributed by atoms with Gasteiger partial charge in [0.2, 0.25) is 5.82 Å². The summed E-state index contributed by atoms with van der Waals surface area (Å²) in [6.07, 6.45) is 7.47. The second kappa shape index (κ2) is 4.74. The van der Waals surface area contributed by atoms with Gasteiger partial charge in [0.1, 0.15) is 0 Å². The molecule has 2 aliphatic carbocycles. The fourth-order valence-corrected chi connectivity index (χ4v) is 3.43. The maximum absolute atomic E-state index is 4.01. The van der Waals surface area contributed by atoms with Crippen LogP contribution in [0.1, 0.15) is 12.8 Å². The highest BCUT2D eigenvalue weighted by atomic mass is 15.5. The van der Waals surface area contributed by atoms with Crippen LogP contribution in [-0.4, -0.2) is 27.2 Å². The van der Waals surface area contributed by atoms with Crippen LogP contribution in [0, 0.1) is 17.8 Å². The molecule has 102 valence electrons. The first kappa shape index (κ1) is 11.6. The molecule has 0 spiro atoms. The topological polar surface area (TPSA) is 66.5 Å². The molecule has 1 heterocycles. The lowest BCUT2D eigenvalue weighted by Crippen LogP contribution is -2.18. The number of anilines is 1. The number of fused-ring (bicyclic) bond motifs is 2. The van der Waals surface area contributed by atoms with E-state index in [1.807, 2.05) is 12.1 Å². The zero-order valence-electron chi connectivity index (χ0n) is 11.2. The highest BCUT2D eigenvalue weighted by molar-refractivity contribution is 5.61. The van der Waals surface area contributed by atoms with E-state index in [4.69, 9.17) is 0 Å². The van der Waals surface area contributed by atoms with E-state index < -0.39 is 0 Å². The quantitative estimate of drug-likeness (QED) is 0.835. The standard InChI is InChI=1S/C15H17N5/c1-2-12(15-17-19-20-18-15)8-14(3-1)16-9-13-7-10-4-5-11(13)6-10/h1-5,8,10-11,13,16H,6-7,9H2,(H,17,18,19,20). The van der Waals surface area contributed by atoms with Gasteiger partial charge in [0.15, 0.2) is 0 Å². The van der Waals surface area contributed by atoms with Gasteiger partial charge < -0.3 is 5.32 Å². The lowest BCUT2D eigenvalue weighted by Gasteiger charge is -2.19. The number of hydrogen-bond donors (Lipinski definition) is 2. The third-order valence-corrected chi connectivity index (χ3v) is 4.45. The molecule has 1 fully saturated rings. The zero-order chi connectivity index (χ0) is 13.4. The number of H-pyrrole nitrogens is 1. The molecule has 20 heavy (non-hydrogen) atoms. The van der Waals surface area contributed by atoms with Crippen LogP contribution >= 0.6 is 0 Å². The van der Waals surface area contributed by atoms with Crippen molar-refractivity contribution in [2.75, 3.05) is 11.9 Å². The molecule has 2 aliphatic rings. The van der Waals surface area contributed by atoms with Gasteiger partial charge in [-0.2, -0.15) is 5.21 Å². The molecule has 3 atom stereocenters. The predicted molar refractivity (Wildman–Crippen MR) is 76.9 cm³/mol. The molecule has 0 radical (unpaired) electrons. The number of nitrogens with zero attached hydrogens (tertiary/aromatic N) is 3. The number of rotatable bonds is 4. The lowest BCUT2D eigenvalue weighted by molar-refractivity contribution is 0.472. The minimum atomic E-state index is 0.636. The maximum atomic E-state index is 4.01. The van der Waals surface area contributed by atoms with Gasteiger partial charge in [0.05, 0.1) is 0 Å². The fraction of sp³-hybridized carbons (Fsp3) is 0.400. The number of allylic oxidation sites excluding steroid dienone is 2. The van der Waals surface area contributed by atoms with Crippen molar-refractivity contribution in [1.82, 2.24) is 20.6 Å². The summed E-state index contributed by atoms with van der Waals surface area (Å²) in [5.74, 6) is 3.03. The van der Waals surface area contributed by atoms with Gasteiger partial charge in [-0.25, -0.2) is 0 Å². The van der Waals surface area contributed by atoms with Gasteiger partial charge in [0.25, 0.3) is 0 Å². The van der Waals surface area contributed by atoms with Crippen LogP contribution in [0.2, 0.25) is 0 Å². The van der Waals surface area contributed by atoms with Crippen LogP contribution in [0.4, 0.5) is 5.69 Å². The molecule has 5 heteroatoms. The first-order valence-electron chi connectivity index (χ1n) is 7.14. The summed E-state index contributed by atoms with van der Waals surface area (Å²) in [5, 5.41) is 17.7. The largest absolute Gasteiger partial charge is 0.385 e. The van der Waals surface area contributed by atoms with E-state index in [0.717, 1.165) is 35.5 Å². The molecule has 5 nitrogen and oxygen atoms in total. The molecular weight excluding hydrogens is 250 g/mol. The number of hydrogen-bond acceptors (Lipinski definition) is 4. The van der Waals surface area contributed by atoms with Crippen molar-refractivity contribution in [3.8, 4) is 11.4 Å². The van der Waals surface area contributed by atoms with Gasteiger partial charge in [-0.1, -0.05) is 24.3 Å². The third kappa shape index (κ3) is 2.09. The summed E-state index contributed by atoms with van der Waals surface area (Å²) < 4.78 is 0. The summed E-state index contributed by atoms with van der Waals surface area (Å²) in [4.78, 5) is 0. The normalized spacial score (nSPS) is 27.1. The van der Waals surface area contributed by atoms with E-state index in [1.165, 1.54) is 12.8 Å². The molecule has 4 rings (SSSR count). The Hall–Kier alpha value is -2.17. The molecule has 2 N–H and O–H groups in total. The van der Waals surface area contributed by atoms with E-state index in [0.29, 0.717) is 5.82 Å². The molecule has 0 saturated heterocycles. The summed E-state index contributed by atoms with van der Waals surface area (Å²) >= 11 is 0. The third-order valence-electron chi connectivity index (χ3n) is 4.45. The second-order valence-corrected chi connectivity index (χ2v) is 5.74.